The summed E-state index contributed by atoms with van der Waals surface area (Å²) in [6, 6.07) is 10.5. The maximum atomic E-state index is 11.8. The highest BCUT2D eigenvalue weighted by Gasteiger charge is 2.48. The topological polar surface area (TPSA) is 23.5 Å². The summed E-state index contributed by atoms with van der Waals surface area (Å²) >= 11 is 0. The van der Waals surface area contributed by atoms with E-state index < -0.39 is 5.60 Å². The number of fused-ring (bicyclic) bond motifs is 2. The van der Waals surface area contributed by atoms with Gasteiger partial charge >= 0.3 is 0 Å². The van der Waals surface area contributed by atoms with Crippen molar-refractivity contribution in [1.82, 2.24) is 4.90 Å². The van der Waals surface area contributed by atoms with Gasteiger partial charge in [-0.05, 0) is 68.5 Å². The maximum Gasteiger partial charge on any atom is 0.0942 e. The molecule has 2 heteroatoms. The average molecular weight is 311 g/mol. The molecule has 1 saturated carbocycles. The van der Waals surface area contributed by atoms with E-state index in [-0.39, 0.29) is 0 Å². The van der Waals surface area contributed by atoms with Gasteiger partial charge in [-0.15, -0.1) is 0 Å². The minimum absolute atomic E-state index is 0.393. The van der Waals surface area contributed by atoms with Crippen LogP contribution in [0.25, 0.3) is 0 Å². The molecular formula is C21H29NO. The Bertz CT molecular complexity index is 548. The lowest BCUT2D eigenvalue weighted by molar-refractivity contribution is -0.0495. The minimum atomic E-state index is -0.664. The van der Waals surface area contributed by atoms with Gasteiger partial charge in [-0.1, -0.05) is 48.9 Å². The number of rotatable bonds is 5. The van der Waals surface area contributed by atoms with Crippen molar-refractivity contribution in [3.63, 3.8) is 0 Å². The van der Waals surface area contributed by atoms with Crippen LogP contribution in [-0.2, 0) is 5.60 Å². The quantitative estimate of drug-likeness (QED) is 0.832. The number of piperidine rings is 1. The second-order valence-electron chi connectivity index (χ2n) is 7.83. The summed E-state index contributed by atoms with van der Waals surface area (Å²) in [6.45, 7) is 3.45. The van der Waals surface area contributed by atoms with Crippen LogP contribution in [0.15, 0.2) is 42.5 Å². The standard InChI is InChI=1S/C21H29NO/c23-21(19-7-3-1-4-8-19,11-14-22-12-5-2-6-13-22)20-16-17-9-10-18(20)15-17/h1,3-4,7-10,17-18,20,23H,2,5-6,11-16H2/t17?,18-,20+,21-/m0/s1. The van der Waals surface area contributed by atoms with Gasteiger partial charge in [-0.3, -0.25) is 0 Å². The zero-order valence-electron chi connectivity index (χ0n) is 14.0. The number of aliphatic hydroxyl groups is 1. The molecule has 1 unspecified atom stereocenters. The summed E-state index contributed by atoms with van der Waals surface area (Å²) in [5, 5.41) is 11.8. The summed E-state index contributed by atoms with van der Waals surface area (Å²) in [4.78, 5) is 2.56. The summed E-state index contributed by atoms with van der Waals surface area (Å²) in [6.07, 6.45) is 12.0. The van der Waals surface area contributed by atoms with Crippen LogP contribution in [0, 0.1) is 17.8 Å². The van der Waals surface area contributed by atoms with Crippen molar-refractivity contribution in [3.05, 3.63) is 48.0 Å². The number of hydrogen-bond donors (Lipinski definition) is 1. The lowest BCUT2D eigenvalue weighted by Gasteiger charge is -2.40. The Hall–Kier alpha value is -1.12. The van der Waals surface area contributed by atoms with Gasteiger partial charge in [0.1, 0.15) is 0 Å². The Morgan fingerprint density at radius 2 is 1.78 bits per heavy atom. The molecule has 1 aliphatic heterocycles. The minimum Gasteiger partial charge on any atom is -0.385 e. The third kappa shape index (κ3) is 2.99. The summed E-state index contributed by atoms with van der Waals surface area (Å²) in [7, 11) is 0. The van der Waals surface area contributed by atoms with Gasteiger partial charge in [-0.2, -0.15) is 0 Å². The molecule has 0 spiro atoms. The van der Waals surface area contributed by atoms with Crippen molar-refractivity contribution in [2.75, 3.05) is 19.6 Å². The molecule has 1 aromatic carbocycles. The Morgan fingerprint density at radius 1 is 1.00 bits per heavy atom. The lowest BCUT2D eigenvalue weighted by atomic mass is 9.72. The van der Waals surface area contributed by atoms with Crippen LogP contribution < -0.4 is 0 Å². The van der Waals surface area contributed by atoms with Gasteiger partial charge in [0.25, 0.3) is 0 Å². The molecule has 4 atom stereocenters. The smallest absolute Gasteiger partial charge is 0.0942 e. The highest BCUT2D eigenvalue weighted by Crippen LogP contribution is 2.52. The summed E-state index contributed by atoms with van der Waals surface area (Å²) in [5.41, 5.74) is 0.464. The molecule has 2 fully saturated rings. The fourth-order valence-electron chi connectivity index (χ4n) is 5.11. The molecule has 2 bridgehead atoms. The lowest BCUT2D eigenvalue weighted by Crippen LogP contribution is -2.42. The molecule has 0 amide bonds. The highest BCUT2D eigenvalue weighted by molar-refractivity contribution is 5.27. The van der Waals surface area contributed by atoms with Crippen molar-refractivity contribution >= 4 is 0 Å². The van der Waals surface area contributed by atoms with Crippen molar-refractivity contribution in [2.24, 2.45) is 17.8 Å². The number of allylic oxidation sites excluding steroid dienone is 2. The van der Waals surface area contributed by atoms with Crippen LogP contribution in [0.5, 0.6) is 0 Å². The number of hydrogen-bond acceptors (Lipinski definition) is 2. The van der Waals surface area contributed by atoms with Crippen molar-refractivity contribution in [1.29, 1.82) is 0 Å². The van der Waals surface area contributed by atoms with Crippen molar-refractivity contribution < 1.29 is 5.11 Å². The number of benzene rings is 1. The molecule has 2 nitrogen and oxygen atoms in total. The Kier molecular flexibility index (Phi) is 4.29. The third-order valence-electron chi connectivity index (χ3n) is 6.42. The second-order valence-corrected chi connectivity index (χ2v) is 7.83. The SMILES string of the molecule is O[C@@](CCN1CCCCC1)(c1ccccc1)[C@@H]1CC2C=C[C@H]1C2. The monoisotopic (exact) mass is 311 g/mol. The van der Waals surface area contributed by atoms with Crippen LogP contribution in [0.4, 0.5) is 0 Å². The molecule has 124 valence electrons. The molecule has 1 saturated heterocycles. The molecule has 0 aromatic heterocycles. The van der Waals surface area contributed by atoms with E-state index in [0.29, 0.717) is 17.8 Å². The first-order chi connectivity index (χ1) is 11.3. The van der Waals surface area contributed by atoms with Crippen LogP contribution >= 0.6 is 0 Å². The van der Waals surface area contributed by atoms with Gasteiger partial charge < -0.3 is 10.0 Å². The van der Waals surface area contributed by atoms with Crippen LogP contribution in [0.2, 0.25) is 0 Å². The van der Waals surface area contributed by atoms with E-state index in [1.807, 2.05) is 0 Å². The van der Waals surface area contributed by atoms with Gasteiger partial charge in [-0.25, -0.2) is 0 Å². The zero-order chi connectivity index (χ0) is 15.7. The fourth-order valence-corrected chi connectivity index (χ4v) is 5.11. The first-order valence-electron chi connectivity index (χ1n) is 9.44. The fraction of sp³-hybridized carbons (Fsp3) is 0.619. The van der Waals surface area contributed by atoms with Gasteiger partial charge in [0.05, 0.1) is 5.60 Å². The number of nitrogens with zero attached hydrogens (tertiary/aromatic N) is 1. The first kappa shape index (κ1) is 15.4. The molecule has 0 radical (unpaired) electrons. The van der Waals surface area contributed by atoms with E-state index in [4.69, 9.17) is 0 Å². The van der Waals surface area contributed by atoms with E-state index in [2.05, 4.69) is 47.4 Å². The Labute approximate surface area is 140 Å². The maximum absolute atomic E-state index is 11.8. The highest BCUT2D eigenvalue weighted by atomic mass is 16.3. The predicted molar refractivity (Wildman–Crippen MR) is 94.1 cm³/mol. The molecule has 3 aliphatic rings. The van der Waals surface area contributed by atoms with Crippen LogP contribution in [0.1, 0.15) is 44.1 Å². The first-order valence-corrected chi connectivity index (χ1v) is 9.44. The molecule has 1 aromatic rings. The van der Waals surface area contributed by atoms with Gasteiger partial charge in [0.15, 0.2) is 0 Å². The molecular weight excluding hydrogens is 282 g/mol. The normalized spacial score (nSPS) is 33.0. The summed E-state index contributed by atoms with van der Waals surface area (Å²) in [5.74, 6) is 1.67. The molecule has 1 heterocycles. The Morgan fingerprint density at radius 3 is 2.43 bits per heavy atom. The van der Waals surface area contributed by atoms with Crippen molar-refractivity contribution in [2.45, 2.75) is 44.1 Å². The predicted octanol–water partition coefficient (Wildman–Crippen LogP) is 3.96. The second kappa shape index (κ2) is 6.41. The van der Waals surface area contributed by atoms with Gasteiger partial charge in [0.2, 0.25) is 0 Å². The molecule has 1 N–H and O–H groups in total. The van der Waals surface area contributed by atoms with E-state index in [0.717, 1.165) is 24.9 Å². The van der Waals surface area contributed by atoms with Crippen LogP contribution in [-0.4, -0.2) is 29.6 Å². The van der Waals surface area contributed by atoms with Crippen molar-refractivity contribution in [3.8, 4) is 0 Å². The third-order valence-corrected chi connectivity index (χ3v) is 6.42. The largest absolute Gasteiger partial charge is 0.385 e. The molecule has 23 heavy (non-hydrogen) atoms. The zero-order valence-corrected chi connectivity index (χ0v) is 14.0. The molecule has 2 aliphatic carbocycles. The van der Waals surface area contributed by atoms with E-state index in [1.165, 1.54) is 38.8 Å². The number of likely N-dealkylation sites (tertiary alicyclic amines) is 1. The van der Waals surface area contributed by atoms with Gasteiger partial charge in [0, 0.05) is 6.54 Å². The molecule has 4 rings (SSSR count). The average Bonchev–Trinajstić information content (AvgIpc) is 3.25. The van der Waals surface area contributed by atoms with E-state index in [1.54, 1.807) is 0 Å². The van der Waals surface area contributed by atoms with E-state index in [9.17, 15) is 5.11 Å². The van der Waals surface area contributed by atoms with E-state index >= 15 is 0 Å². The Balaban J connectivity index is 1.55. The summed E-state index contributed by atoms with van der Waals surface area (Å²) < 4.78 is 0. The van der Waals surface area contributed by atoms with Crippen LogP contribution in [0.3, 0.4) is 0 Å².